The van der Waals surface area contributed by atoms with Crippen molar-refractivity contribution in [3.05, 3.63) is 184 Å². The molecule has 0 atom stereocenters. The first-order valence-corrected chi connectivity index (χ1v) is 14.1. The summed E-state index contributed by atoms with van der Waals surface area (Å²) in [6.07, 6.45) is 0. The highest BCUT2D eigenvalue weighted by Gasteiger charge is 2.48. The summed E-state index contributed by atoms with van der Waals surface area (Å²) in [6.45, 7) is 0. The van der Waals surface area contributed by atoms with E-state index in [2.05, 4.69) is 121 Å². The molecule has 0 bridgehead atoms. The van der Waals surface area contributed by atoms with Gasteiger partial charge in [-0.05, 0) is 72.6 Å². The van der Waals surface area contributed by atoms with E-state index in [9.17, 15) is 10.1 Å². The van der Waals surface area contributed by atoms with Gasteiger partial charge in [-0.25, -0.2) is 0 Å². The molecule has 0 heterocycles. The molecule has 0 radical (unpaired) electrons. The van der Waals surface area contributed by atoms with Crippen molar-refractivity contribution >= 4 is 27.2 Å². The van der Waals surface area contributed by atoms with Gasteiger partial charge in [0.2, 0.25) is 0 Å². The zero-order valence-corrected chi connectivity index (χ0v) is 22.7. The maximum absolute atomic E-state index is 12.1. The van der Waals surface area contributed by atoms with Crippen molar-refractivity contribution in [2.45, 2.75) is 5.41 Å². The van der Waals surface area contributed by atoms with Gasteiger partial charge in [0, 0.05) is 6.07 Å². The fourth-order valence-corrected chi connectivity index (χ4v) is 7.20. The van der Waals surface area contributed by atoms with Gasteiger partial charge in [-0.1, -0.05) is 133 Å². The van der Waals surface area contributed by atoms with E-state index in [0.717, 1.165) is 27.8 Å². The summed E-state index contributed by atoms with van der Waals surface area (Å²) in [4.78, 5) is 11.8. The van der Waals surface area contributed by atoms with Crippen LogP contribution in [0.3, 0.4) is 0 Å². The van der Waals surface area contributed by atoms with Crippen molar-refractivity contribution in [2.75, 3.05) is 0 Å². The zero-order valence-electron chi connectivity index (χ0n) is 22.7. The van der Waals surface area contributed by atoms with Gasteiger partial charge in [0.1, 0.15) is 0 Å². The molecule has 0 amide bonds. The van der Waals surface area contributed by atoms with E-state index < -0.39 is 5.41 Å². The molecular weight excluding hydrogens is 514 g/mol. The Balaban J connectivity index is 1.61. The first-order valence-electron chi connectivity index (χ1n) is 14.1. The second kappa shape index (κ2) is 9.25. The molecule has 7 aromatic rings. The number of hydrogen-bond donors (Lipinski definition) is 0. The molecule has 0 aromatic heterocycles. The largest absolute Gasteiger partial charge is 0.277 e. The normalized spacial score (nSPS) is 13.1. The minimum absolute atomic E-state index is 0.105. The maximum atomic E-state index is 12.1. The van der Waals surface area contributed by atoms with Crippen molar-refractivity contribution in [1.29, 1.82) is 0 Å². The van der Waals surface area contributed by atoms with E-state index in [4.69, 9.17) is 0 Å². The van der Waals surface area contributed by atoms with Crippen LogP contribution in [0.25, 0.3) is 43.8 Å². The summed E-state index contributed by atoms with van der Waals surface area (Å²) in [5, 5.41) is 16.9. The highest BCUT2D eigenvalue weighted by molar-refractivity contribution is 6.19. The molecule has 0 fully saturated rings. The predicted octanol–water partition coefficient (Wildman–Crippen LogP) is 9.93. The molecule has 0 N–H and O–H groups in total. The number of nitro benzene ring substituents is 1. The monoisotopic (exact) mass is 539 g/mol. The van der Waals surface area contributed by atoms with E-state index >= 15 is 0 Å². The Kier molecular flexibility index (Phi) is 5.35. The van der Waals surface area contributed by atoms with E-state index in [1.165, 1.54) is 32.7 Å². The van der Waals surface area contributed by atoms with Crippen LogP contribution in [0.1, 0.15) is 22.3 Å². The van der Waals surface area contributed by atoms with Crippen LogP contribution >= 0.6 is 0 Å². The Hall–Kier alpha value is -5.54. The van der Waals surface area contributed by atoms with E-state index in [1.807, 2.05) is 18.2 Å². The third-order valence-corrected chi connectivity index (χ3v) is 8.83. The van der Waals surface area contributed by atoms with Gasteiger partial charge in [-0.3, -0.25) is 10.1 Å². The Morgan fingerprint density at radius 3 is 1.67 bits per heavy atom. The molecule has 1 aliphatic rings. The second-order valence-electron chi connectivity index (χ2n) is 10.9. The van der Waals surface area contributed by atoms with E-state index in [-0.39, 0.29) is 10.6 Å². The molecule has 0 spiro atoms. The zero-order chi connectivity index (χ0) is 28.3. The van der Waals surface area contributed by atoms with Crippen LogP contribution in [-0.2, 0) is 5.41 Å². The van der Waals surface area contributed by atoms with Gasteiger partial charge in [-0.2, -0.15) is 0 Å². The van der Waals surface area contributed by atoms with Crippen molar-refractivity contribution in [1.82, 2.24) is 0 Å². The molecule has 198 valence electrons. The smallest absolute Gasteiger partial charge is 0.258 e. The topological polar surface area (TPSA) is 43.1 Å². The van der Waals surface area contributed by atoms with Crippen molar-refractivity contribution < 1.29 is 4.92 Å². The SMILES string of the molecule is O=[N+]([O-])c1ccccc1-c1ccc2c(c1)C(c1ccccc1)(c1ccccc1)c1c-2c2ccccc2c2ccccc12. The first-order chi connectivity index (χ1) is 20.7. The van der Waals surface area contributed by atoms with Crippen LogP contribution < -0.4 is 0 Å². The van der Waals surface area contributed by atoms with Gasteiger partial charge < -0.3 is 0 Å². The van der Waals surface area contributed by atoms with Gasteiger partial charge in [0.15, 0.2) is 0 Å². The number of fused-ring (bicyclic) bond motifs is 8. The van der Waals surface area contributed by atoms with Crippen molar-refractivity contribution in [3.63, 3.8) is 0 Å². The third kappa shape index (κ3) is 3.28. The number of hydrogen-bond acceptors (Lipinski definition) is 2. The van der Waals surface area contributed by atoms with Crippen LogP contribution in [0.5, 0.6) is 0 Å². The highest BCUT2D eigenvalue weighted by atomic mass is 16.6. The van der Waals surface area contributed by atoms with Crippen LogP contribution in [-0.4, -0.2) is 4.92 Å². The Morgan fingerprint density at radius 2 is 1.02 bits per heavy atom. The van der Waals surface area contributed by atoms with Crippen LogP contribution in [0, 0.1) is 10.1 Å². The molecular formula is C39H25NO2. The molecule has 0 aliphatic heterocycles. The lowest BCUT2D eigenvalue weighted by molar-refractivity contribution is -0.384. The van der Waals surface area contributed by atoms with Crippen molar-refractivity contribution in [2.24, 2.45) is 0 Å². The third-order valence-electron chi connectivity index (χ3n) is 8.83. The summed E-state index contributed by atoms with van der Waals surface area (Å²) >= 11 is 0. The molecule has 0 saturated heterocycles. The number of rotatable bonds is 4. The summed E-state index contributed by atoms with van der Waals surface area (Å²) in [5.74, 6) is 0. The minimum Gasteiger partial charge on any atom is -0.258 e. The molecule has 3 heteroatoms. The van der Waals surface area contributed by atoms with Gasteiger partial charge in [0.05, 0.1) is 15.9 Å². The number of para-hydroxylation sites is 1. The van der Waals surface area contributed by atoms with Crippen molar-refractivity contribution in [3.8, 4) is 22.3 Å². The average Bonchev–Trinajstić information content (AvgIpc) is 3.37. The molecule has 42 heavy (non-hydrogen) atoms. The quantitative estimate of drug-likeness (QED) is 0.127. The minimum atomic E-state index is -0.642. The number of nitro groups is 1. The van der Waals surface area contributed by atoms with Crippen LogP contribution in [0.4, 0.5) is 5.69 Å². The summed E-state index contributed by atoms with van der Waals surface area (Å²) in [6, 6.07) is 52.2. The summed E-state index contributed by atoms with van der Waals surface area (Å²) in [7, 11) is 0. The molecule has 0 saturated carbocycles. The van der Waals surface area contributed by atoms with Gasteiger partial charge in [-0.15, -0.1) is 0 Å². The van der Waals surface area contributed by atoms with Gasteiger partial charge in [0.25, 0.3) is 5.69 Å². The Morgan fingerprint density at radius 1 is 0.500 bits per heavy atom. The van der Waals surface area contributed by atoms with Gasteiger partial charge >= 0.3 is 0 Å². The van der Waals surface area contributed by atoms with Crippen LogP contribution in [0.2, 0.25) is 0 Å². The molecule has 0 unspecified atom stereocenters. The molecule has 7 aromatic carbocycles. The van der Waals surface area contributed by atoms with E-state index in [0.29, 0.717) is 5.56 Å². The fraction of sp³-hybridized carbons (Fsp3) is 0.0256. The molecule has 8 rings (SSSR count). The predicted molar refractivity (Wildman–Crippen MR) is 171 cm³/mol. The second-order valence-corrected chi connectivity index (χ2v) is 10.9. The average molecular weight is 540 g/mol. The lowest BCUT2D eigenvalue weighted by Gasteiger charge is -2.35. The Labute approximate surface area is 243 Å². The maximum Gasteiger partial charge on any atom is 0.277 e. The number of benzene rings is 7. The lowest BCUT2D eigenvalue weighted by Crippen LogP contribution is -2.29. The number of nitrogens with zero attached hydrogens (tertiary/aromatic N) is 1. The Bertz CT molecular complexity index is 2130. The standard InChI is InChI=1S/C39H25NO2/c41-40(42)36-22-12-11-17-29(36)26-23-24-34-35(25-26)39(27-13-3-1-4-14-27,28-15-5-2-6-16-28)38-33-21-10-8-19-31(33)30-18-7-9-20-32(30)37(34)38/h1-25H. The lowest BCUT2D eigenvalue weighted by atomic mass is 9.66. The fourth-order valence-electron chi connectivity index (χ4n) is 7.20. The summed E-state index contributed by atoms with van der Waals surface area (Å²) < 4.78 is 0. The summed E-state index contributed by atoms with van der Waals surface area (Å²) in [5.41, 5.74) is 8.00. The first kappa shape index (κ1) is 24.3. The van der Waals surface area contributed by atoms with Crippen LogP contribution in [0.15, 0.2) is 152 Å². The van der Waals surface area contributed by atoms with E-state index in [1.54, 1.807) is 12.1 Å². The molecule has 1 aliphatic carbocycles. The molecule has 3 nitrogen and oxygen atoms in total. The highest BCUT2D eigenvalue weighted by Crippen LogP contribution is 2.60.